The molecule has 1 aliphatic carbocycles. The molecule has 1 fully saturated rings. The Labute approximate surface area is 120 Å². The molecular weight excluding hydrogens is 282 g/mol. The Balaban J connectivity index is 1.91. The van der Waals surface area contributed by atoms with Crippen LogP contribution in [0.1, 0.15) is 25.7 Å². The lowest BCUT2D eigenvalue weighted by Gasteiger charge is -2.27. The van der Waals surface area contributed by atoms with Gasteiger partial charge >= 0.3 is 12.0 Å². The maximum atomic E-state index is 13.4. The highest BCUT2D eigenvalue weighted by Crippen LogP contribution is 2.24. The van der Waals surface area contributed by atoms with Crippen molar-refractivity contribution in [2.24, 2.45) is 5.92 Å². The van der Waals surface area contributed by atoms with E-state index in [0.29, 0.717) is 31.7 Å². The van der Waals surface area contributed by atoms with Crippen LogP contribution < -0.4 is 10.6 Å². The van der Waals surface area contributed by atoms with Gasteiger partial charge in [0.05, 0.1) is 11.6 Å². The fourth-order valence-corrected chi connectivity index (χ4v) is 2.48. The number of carbonyl (C=O) groups is 2. The summed E-state index contributed by atoms with van der Waals surface area (Å²) in [4.78, 5) is 22.7. The highest BCUT2D eigenvalue weighted by Gasteiger charge is 2.27. The lowest BCUT2D eigenvalue weighted by molar-refractivity contribution is -0.143. The number of nitrogens with one attached hydrogen (secondary N) is 2. The van der Waals surface area contributed by atoms with Crippen molar-refractivity contribution in [3.05, 3.63) is 29.8 Å². The van der Waals surface area contributed by atoms with Crippen molar-refractivity contribution < 1.29 is 23.5 Å². The lowest BCUT2D eigenvalue weighted by atomic mass is 9.86. The molecule has 2 atom stereocenters. The van der Waals surface area contributed by atoms with Gasteiger partial charge in [0.2, 0.25) is 0 Å². The normalized spacial score (nSPS) is 21.6. The van der Waals surface area contributed by atoms with Gasteiger partial charge < -0.3 is 15.7 Å². The van der Waals surface area contributed by atoms with Crippen LogP contribution in [0.4, 0.5) is 19.3 Å². The number of amides is 2. The van der Waals surface area contributed by atoms with E-state index in [1.807, 2.05) is 0 Å². The van der Waals surface area contributed by atoms with Gasteiger partial charge in [-0.3, -0.25) is 4.79 Å². The monoisotopic (exact) mass is 298 g/mol. The molecule has 2 unspecified atom stereocenters. The van der Waals surface area contributed by atoms with Crippen molar-refractivity contribution in [3.63, 3.8) is 0 Å². The molecule has 114 valence electrons. The Morgan fingerprint density at radius 2 is 2.00 bits per heavy atom. The predicted molar refractivity (Wildman–Crippen MR) is 71.9 cm³/mol. The van der Waals surface area contributed by atoms with E-state index in [4.69, 9.17) is 5.11 Å². The first-order chi connectivity index (χ1) is 9.95. The van der Waals surface area contributed by atoms with Gasteiger partial charge in [0.15, 0.2) is 0 Å². The van der Waals surface area contributed by atoms with E-state index in [-0.39, 0.29) is 11.7 Å². The summed E-state index contributed by atoms with van der Waals surface area (Å²) >= 11 is 0. The van der Waals surface area contributed by atoms with E-state index in [1.54, 1.807) is 0 Å². The Bertz CT molecular complexity index is 551. The molecule has 0 heterocycles. The van der Waals surface area contributed by atoms with Crippen LogP contribution in [-0.2, 0) is 4.79 Å². The van der Waals surface area contributed by atoms with Crippen molar-refractivity contribution in [3.8, 4) is 0 Å². The second-order valence-corrected chi connectivity index (χ2v) is 5.12. The summed E-state index contributed by atoms with van der Waals surface area (Å²) in [5.41, 5.74) is -0.125. The number of aliphatic carboxylic acids is 1. The molecule has 0 bridgehead atoms. The van der Waals surface area contributed by atoms with Gasteiger partial charge in [-0.2, -0.15) is 0 Å². The number of halogens is 2. The van der Waals surface area contributed by atoms with Gasteiger partial charge in [-0.05, 0) is 31.4 Å². The van der Waals surface area contributed by atoms with Crippen LogP contribution in [-0.4, -0.2) is 23.1 Å². The van der Waals surface area contributed by atoms with E-state index in [2.05, 4.69) is 10.6 Å². The molecule has 5 nitrogen and oxygen atoms in total. The van der Waals surface area contributed by atoms with Crippen LogP contribution in [0.5, 0.6) is 0 Å². The molecule has 2 rings (SSSR count). The van der Waals surface area contributed by atoms with Crippen molar-refractivity contribution in [1.82, 2.24) is 5.32 Å². The molecule has 0 aliphatic heterocycles. The molecule has 2 amide bonds. The molecule has 3 N–H and O–H groups in total. The number of hydrogen-bond donors (Lipinski definition) is 3. The van der Waals surface area contributed by atoms with E-state index in [1.165, 1.54) is 0 Å². The third-order valence-corrected chi connectivity index (χ3v) is 3.54. The van der Waals surface area contributed by atoms with Crippen molar-refractivity contribution >= 4 is 17.7 Å². The van der Waals surface area contributed by atoms with Crippen molar-refractivity contribution in [2.75, 3.05) is 5.32 Å². The summed E-state index contributed by atoms with van der Waals surface area (Å²) in [6, 6.07) is 1.96. The topological polar surface area (TPSA) is 78.4 Å². The maximum Gasteiger partial charge on any atom is 0.319 e. The third kappa shape index (κ3) is 4.14. The number of carbonyl (C=O) groups excluding carboxylic acids is 1. The number of carboxylic acids is 1. The fourth-order valence-electron chi connectivity index (χ4n) is 2.48. The van der Waals surface area contributed by atoms with Crippen LogP contribution >= 0.6 is 0 Å². The van der Waals surface area contributed by atoms with Crippen LogP contribution in [0.3, 0.4) is 0 Å². The number of rotatable bonds is 3. The summed E-state index contributed by atoms with van der Waals surface area (Å²) < 4.78 is 26.1. The number of carboxylic acid groups (broad SMARTS) is 1. The SMILES string of the molecule is O=C(Nc1ccc(F)cc1F)NC1CCCC(C(=O)O)C1. The van der Waals surface area contributed by atoms with Crippen LogP contribution in [0.2, 0.25) is 0 Å². The summed E-state index contributed by atoms with van der Waals surface area (Å²) in [6.07, 6.45) is 2.35. The predicted octanol–water partition coefficient (Wildman–Crippen LogP) is 2.73. The molecule has 21 heavy (non-hydrogen) atoms. The number of benzene rings is 1. The first-order valence-electron chi connectivity index (χ1n) is 6.71. The molecule has 0 radical (unpaired) electrons. The van der Waals surface area contributed by atoms with E-state index in [9.17, 15) is 18.4 Å². The van der Waals surface area contributed by atoms with Crippen LogP contribution in [0, 0.1) is 17.6 Å². The zero-order chi connectivity index (χ0) is 15.4. The molecule has 0 aromatic heterocycles. The first-order valence-corrected chi connectivity index (χ1v) is 6.71. The third-order valence-electron chi connectivity index (χ3n) is 3.54. The van der Waals surface area contributed by atoms with Crippen LogP contribution in [0.25, 0.3) is 0 Å². The largest absolute Gasteiger partial charge is 0.481 e. The highest BCUT2D eigenvalue weighted by molar-refractivity contribution is 5.89. The van der Waals surface area contributed by atoms with Gasteiger partial charge in [0.25, 0.3) is 0 Å². The van der Waals surface area contributed by atoms with Crippen LogP contribution in [0.15, 0.2) is 18.2 Å². The Morgan fingerprint density at radius 3 is 2.67 bits per heavy atom. The average Bonchev–Trinajstić information content (AvgIpc) is 2.42. The Kier molecular flexibility index (Phi) is 4.72. The van der Waals surface area contributed by atoms with Gasteiger partial charge in [-0.15, -0.1) is 0 Å². The number of anilines is 1. The van der Waals surface area contributed by atoms with Gasteiger partial charge in [-0.25, -0.2) is 13.6 Å². The molecular formula is C14H16F2N2O3. The van der Waals surface area contributed by atoms with Crippen molar-refractivity contribution in [1.29, 1.82) is 0 Å². The van der Waals surface area contributed by atoms with E-state index >= 15 is 0 Å². The van der Waals surface area contributed by atoms with Crippen molar-refractivity contribution in [2.45, 2.75) is 31.7 Å². The second kappa shape index (κ2) is 6.51. The molecule has 7 heteroatoms. The second-order valence-electron chi connectivity index (χ2n) is 5.12. The Hall–Kier alpha value is -2.18. The number of hydrogen-bond acceptors (Lipinski definition) is 2. The smallest absolute Gasteiger partial charge is 0.319 e. The molecule has 1 saturated carbocycles. The van der Waals surface area contributed by atoms with E-state index < -0.39 is 29.6 Å². The minimum atomic E-state index is -0.869. The molecule has 1 aliphatic rings. The summed E-state index contributed by atoms with van der Waals surface area (Å²) in [6.45, 7) is 0. The van der Waals surface area contributed by atoms with E-state index in [0.717, 1.165) is 12.1 Å². The minimum Gasteiger partial charge on any atom is -0.481 e. The summed E-state index contributed by atoms with van der Waals surface area (Å²) in [7, 11) is 0. The quantitative estimate of drug-likeness (QED) is 0.803. The molecule has 1 aromatic carbocycles. The molecule has 0 saturated heterocycles. The molecule has 1 aromatic rings. The minimum absolute atomic E-state index is 0.125. The van der Waals surface area contributed by atoms with Gasteiger partial charge in [0, 0.05) is 12.1 Å². The standard InChI is InChI=1S/C14H16F2N2O3/c15-9-4-5-12(11(16)7-9)18-14(21)17-10-3-1-2-8(6-10)13(19)20/h4-5,7-8,10H,1-3,6H2,(H,19,20)(H2,17,18,21). The van der Waals surface area contributed by atoms with Gasteiger partial charge in [-0.1, -0.05) is 6.42 Å². The zero-order valence-electron chi connectivity index (χ0n) is 11.2. The zero-order valence-corrected chi connectivity index (χ0v) is 11.2. The lowest BCUT2D eigenvalue weighted by Crippen LogP contribution is -2.42. The Morgan fingerprint density at radius 1 is 1.24 bits per heavy atom. The summed E-state index contributed by atoms with van der Waals surface area (Å²) in [5, 5.41) is 13.9. The molecule has 0 spiro atoms. The summed E-state index contributed by atoms with van der Waals surface area (Å²) in [5.74, 6) is -2.93. The fraction of sp³-hybridized carbons (Fsp3) is 0.429. The highest BCUT2D eigenvalue weighted by atomic mass is 19.1. The maximum absolute atomic E-state index is 13.4. The number of urea groups is 1. The van der Waals surface area contributed by atoms with Gasteiger partial charge in [0.1, 0.15) is 11.6 Å². The average molecular weight is 298 g/mol. The first kappa shape index (κ1) is 15.2.